The lowest BCUT2D eigenvalue weighted by Gasteiger charge is -2.13. The molecule has 0 saturated carbocycles. The van der Waals surface area contributed by atoms with Crippen LogP contribution in [-0.2, 0) is 4.79 Å². The number of nitrogens with zero attached hydrogens (tertiary/aromatic N) is 1. The van der Waals surface area contributed by atoms with Crippen molar-refractivity contribution in [3.8, 4) is 0 Å². The lowest BCUT2D eigenvalue weighted by Crippen LogP contribution is -2.32. The Morgan fingerprint density at radius 3 is 1.93 bits per heavy atom. The van der Waals surface area contributed by atoms with E-state index in [1.54, 1.807) is 25.9 Å². The molecule has 15 heavy (non-hydrogen) atoms. The molecule has 0 bridgehead atoms. The minimum atomic E-state index is -0.782. The maximum absolute atomic E-state index is 10.1. The van der Waals surface area contributed by atoms with Gasteiger partial charge in [-0.25, -0.2) is 0 Å². The fourth-order valence-corrected chi connectivity index (χ4v) is 0.754. The summed E-state index contributed by atoms with van der Waals surface area (Å²) in [7, 11) is 3.47. The van der Waals surface area contributed by atoms with Crippen LogP contribution in [0.25, 0.3) is 0 Å². The van der Waals surface area contributed by atoms with Gasteiger partial charge in [0.15, 0.2) is 0 Å². The lowest BCUT2D eigenvalue weighted by molar-refractivity contribution is -0.141. The van der Waals surface area contributed by atoms with Crippen molar-refractivity contribution in [2.45, 2.75) is 39.2 Å². The standard InChI is InChI=1S/C5H11Cl.C5H11NO2.ClH/c1-2-3-4-5-6;1-4(5(7)8)6(2)3;/h2-5H2,1H3;4H,1-3H3,(H,7,8);1H. The topological polar surface area (TPSA) is 40.5 Å². The molecule has 0 spiro atoms. The lowest BCUT2D eigenvalue weighted by atomic mass is 10.3. The molecule has 0 amide bonds. The molecule has 1 atom stereocenters. The zero-order valence-electron chi connectivity index (χ0n) is 9.99. The Kier molecular flexibility index (Phi) is 19.1. The van der Waals surface area contributed by atoms with Crippen LogP contribution in [0.5, 0.6) is 0 Å². The molecule has 0 aromatic rings. The van der Waals surface area contributed by atoms with Gasteiger partial charge in [0.05, 0.1) is 0 Å². The highest BCUT2D eigenvalue weighted by Gasteiger charge is 2.11. The molecule has 94 valence electrons. The molecule has 0 aromatic heterocycles. The third-order valence-corrected chi connectivity index (χ3v) is 2.14. The van der Waals surface area contributed by atoms with E-state index in [9.17, 15) is 4.79 Å². The summed E-state index contributed by atoms with van der Waals surface area (Å²) in [6.07, 6.45) is 3.73. The summed E-state index contributed by atoms with van der Waals surface area (Å²) in [6, 6.07) is -0.380. The van der Waals surface area contributed by atoms with E-state index in [0.717, 1.165) is 5.88 Å². The molecule has 0 aromatic carbocycles. The van der Waals surface area contributed by atoms with Crippen LogP contribution in [-0.4, -0.2) is 42.0 Å². The van der Waals surface area contributed by atoms with Crippen LogP contribution < -0.4 is 0 Å². The summed E-state index contributed by atoms with van der Waals surface area (Å²) in [6.45, 7) is 3.81. The van der Waals surface area contributed by atoms with Crippen LogP contribution in [0.3, 0.4) is 0 Å². The van der Waals surface area contributed by atoms with Gasteiger partial charge in [0.2, 0.25) is 0 Å². The number of carbonyl (C=O) groups is 1. The number of alkyl halides is 1. The Hall–Kier alpha value is 0.01000. The van der Waals surface area contributed by atoms with Crippen molar-refractivity contribution in [2.75, 3.05) is 20.0 Å². The predicted octanol–water partition coefficient (Wildman–Crippen LogP) is 2.86. The van der Waals surface area contributed by atoms with Crippen molar-refractivity contribution < 1.29 is 9.90 Å². The van der Waals surface area contributed by atoms with Gasteiger partial charge in [-0.15, -0.1) is 24.0 Å². The predicted molar refractivity (Wildman–Crippen MR) is 68.3 cm³/mol. The van der Waals surface area contributed by atoms with Crippen LogP contribution in [0.4, 0.5) is 0 Å². The van der Waals surface area contributed by atoms with E-state index in [2.05, 4.69) is 6.92 Å². The first-order chi connectivity index (χ1) is 6.47. The van der Waals surface area contributed by atoms with Crippen molar-refractivity contribution in [1.82, 2.24) is 4.90 Å². The van der Waals surface area contributed by atoms with Crippen LogP contribution in [0.15, 0.2) is 0 Å². The zero-order valence-corrected chi connectivity index (χ0v) is 11.6. The number of rotatable bonds is 5. The van der Waals surface area contributed by atoms with Gasteiger partial charge in [0.25, 0.3) is 0 Å². The van der Waals surface area contributed by atoms with E-state index in [1.807, 2.05) is 0 Å². The van der Waals surface area contributed by atoms with E-state index in [-0.39, 0.29) is 18.4 Å². The second-order valence-corrected chi connectivity index (χ2v) is 3.75. The summed E-state index contributed by atoms with van der Waals surface area (Å²) in [5.41, 5.74) is 0. The van der Waals surface area contributed by atoms with Crippen LogP contribution in [0, 0.1) is 0 Å². The SMILES string of the molecule is CC(C(=O)O)N(C)C.CCCCCCl.Cl. The smallest absolute Gasteiger partial charge is 0.320 e. The molecule has 0 radical (unpaired) electrons. The number of hydrogen-bond donors (Lipinski definition) is 1. The second kappa shape index (κ2) is 14.0. The van der Waals surface area contributed by atoms with Gasteiger partial charge in [-0.1, -0.05) is 19.8 Å². The van der Waals surface area contributed by atoms with E-state index in [1.165, 1.54) is 19.3 Å². The molecule has 0 aliphatic carbocycles. The molecular formula is C10H23Cl2NO2. The molecule has 1 N–H and O–H groups in total. The van der Waals surface area contributed by atoms with Gasteiger partial charge < -0.3 is 5.11 Å². The Morgan fingerprint density at radius 1 is 1.40 bits per heavy atom. The normalized spacial score (nSPS) is 11.1. The second-order valence-electron chi connectivity index (χ2n) is 3.37. The Balaban J connectivity index is -0.000000187. The van der Waals surface area contributed by atoms with Crippen molar-refractivity contribution >= 4 is 30.0 Å². The maximum atomic E-state index is 10.1. The summed E-state index contributed by atoms with van der Waals surface area (Å²) < 4.78 is 0. The minimum absolute atomic E-state index is 0. The third-order valence-electron chi connectivity index (χ3n) is 1.87. The highest BCUT2D eigenvalue weighted by molar-refractivity contribution is 6.17. The average Bonchev–Trinajstić information content (AvgIpc) is 2.14. The fourth-order valence-electron chi connectivity index (χ4n) is 0.565. The van der Waals surface area contributed by atoms with Gasteiger partial charge in [0, 0.05) is 5.88 Å². The first-order valence-electron chi connectivity index (χ1n) is 4.92. The molecule has 0 saturated heterocycles. The van der Waals surface area contributed by atoms with E-state index in [4.69, 9.17) is 16.7 Å². The maximum Gasteiger partial charge on any atom is 0.320 e. The molecule has 5 heteroatoms. The summed E-state index contributed by atoms with van der Waals surface area (Å²) in [4.78, 5) is 11.7. The fraction of sp³-hybridized carbons (Fsp3) is 0.900. The van der Waals surface area contributed by atoms with Crippen LogP contribution in [0.2, 0.25) is 0 Å². The largest absolute Gasteiger partial charge is 0.480 e. The quantitative estimate of drug-likeness (QED) is 0.610. The van der Waals surface area contributed by atoms with Gasteiger partial charge in [-0.2, -0.15) is 0 Å². The average molecular weight is 260 g/mol. The van der Waals surface area contributed by atoms with Crippen LogP contribution in [0.1, 0.15) is 33.1 Å². The Bertz CT molecular complexity index is 139. The Morgan fingerprint density at radius 2 is 1.87 bits per heavy atom. The molecule has 1 unspecified atom stereocenters. The number of likely N-dealkylation sites (N-methyl/N-ethyl adjacent to an activating group) is 1. The summed E-state index contributed by atoms with van der Waals surface area (Å²) in [5.74, 6) is 0.0448. The molecule has 0 fully saturated rings. The van der Waals surface area contributed by atoms with Gasteiger partial charge in [-0.05, 0) is 27.4 Å². The first kappa shape index (κ1) is 20.4. The highest BCUT2D eigenvalue weighted by atomic mass is 35.5. The summed E-state index contributed by atoms with van der Waals surface area (Å²) >= 11 is 5.38. The number of unbranched alkanes of at least 4 members (excludes halogenated alkanes) is 2. The van der Waals surface area contributed by atoms with Crippen LogP contribution >= 0.6 is 24.0 Å². The number of aliphatic carboxylic acids is 1. The Labute approximate surface area is 104 Å². The van der Waals surface area contributed by atoms with Gasteiger partial charge in [-0.3, -0.25) is 9.69 Å². The van der Waals surface area contributed by atoms with Crippen molar-refractivity contribution in [1.29, 1.82) is 0 Å². The van der Waals surface area contributed by atoms with Crippen molar-refractivity contribution in [2.24, 2.45) is 0 Å². The number of hydrogen-bond acceptors (Lipinski definition) is 2. The number of carboxylic acids is 1. The van der Waals surface area contributed by atoms with E-state index < -0.39 is 5.97 Å². The van der Waals surface area contributed by atoms with Gasteiger partial charge in [0.1, 0.15) is 6.04 Å². The number of halogens is 2. The monoisotopic (exact) mass is 259 g/mol. The van der Waals surface area contributed by atoms with E-state index in [0.29, 0.717) is 0 Å². The molecule has 0 aliphatic heterocycles. The molecule has 3 nitrogen and oxygen atoms in total. The molecular weight excluding hydrogens is 237 g/mol. The van der Waals surface area contributed by atoms with Gasteiger partial charge >= 0.3 is 5.97 Å². The highest BCUT2D eigenvalue weighted by Crippen LogP contribution is 1.93. The zero-order chi connectivity index (χ0) is 11.6. The first-order valence-corrected chi connectivity index (χ1v) is 5.46. The summed E-state index contributed by atoms with van der Waals surface area (Å²) in [5, 5.41) is 8.31. The molecule has 0 heterocycles. The van der Waals surface area contributed by atoms with E-state index >= 15 is 0 Å². The molecule has 0 rings (SSSR count). The molecule has 0 aliphatic rings. The van der Waals surface area contributed by atoms with Crippen molar-refractivity contribution in [3.05, 3.63) is 0 Å². The van der Waals surface area contributed by atoms with Crippen molar-refractivity contribution in [3.63, 3.8) is 0 Å². The number of carboxylic acid groups (broad SMARTS) is 1. The minimum Gasteiger partial charge on any atom is -0.480 e. The third kappa shape index (κ3) is 16.7.